The molecule has 0 saturated heterocycles. The Morgan fingerprint density at radius 3 is 2.14 bits per heavy atom. The van der Waals surface area contributed by atoms with Crippen LogP contribution >= 0.6 is 0 Å². The van der Waals surface area contributed by atoms with Crippen LogP contribution in [0.2, 0.25) is 0 Å². The Labute approximate surface area is 249 Å². The highest BCUT2D eigenvalue weighted by Gasteiger charge is 2.33. The lowest BCUT2D eigenvalue weighted by atomic mass is 10.1. The molecule has 0 spiro atoms. The molecule has 2 atom stereocenters. The van der Waals surface area contributed by atoms with E-state index in [4.69, 9.17) is 9.47 Å². The Morgan fingerprint density at radius 1 is 0.905 bits per heavy atom. The summed E-state index contributed by atoms with van der Waals surface area (Å²) in [7, 11) is -1.27. The molecule has 3 rings (SSSR count). The Bertz CT molecular complexity index is 1490. The predicted molar refractivity (Wildman–Crippen MR) is 164 cm³/mol. The fraction of sp³-hybridized carbons (Fsp3) is 0.375. The quantitative estimate of drug-likeness (QED) is 0.303. The second-order valence-electron chi connectivity index (χ2n) is 10.3. The van der Waals surface area contributed by atoms with Gasteiger partial charge in [-0.15, -0.1) is 0 Å². The van der Waals surface area contributed by atoms with Crippen molar-refractivity contribution in [3.8, 4) is 11.5 Å². The number of nitrogens with zero attached hydrogens (tertiary/aromatic N) is 2. The van der Waals surface area contributed by atoms with E-state index in [1.807, 2.05) is 52.0 Å². The third kappa shape index (κ3) is 7.61. The second-order valence-corrected chi connectivity index (χ2v) is 12.2. The number of carbonyl (C=O) groups excluding carboxylic acids is 2. The highest BCUT2D eigenvalue weighted by molar-refractivity contribution is 7.92. The van der Waals surface area contributed by atoms with Gasteiger partial charge in [-0.1, -0.05) is 48.9 Å². The summed E-state index contributed by atoms with van der Waals surface area (Å²) in [6.07, 6.45) is 0.728. The van der Waals surface area contributed by atoms with Gasteiger partial charge in [0.15, 0.2) is 11.5 Å². The van der Waals surface area contributed by atoms with Gasteiger partial charge in [0.05, 0.1) is 24.8 Å². The number of methoxy groups -OCH3 is 2. The normalized spacial score (nSPS) is 12.6. The molecule has 0 unspecified atom stereocenters. The molecule has 3 aromatic rings. The van der Waals surface area contributed by atoms with Gasteiger partial charge in [-0.2, -0.15) is 0 Å². The van der Waals surface area contributed by atoms with Gasteiger partial charge in [-0.25, -0.2) is 8.42 Å². The first kappa shape index (κ1) is 32.5. The third-order valence-corrected chi connectivity index (χ3v) is 9.10. The lowest BCUT2D eigenvalue weighted by Gasteiger charge is -2.33. The summed E-state index contributed by atoms with van der Waals surface area (Å²) in [5.74, 6) is -0.123. The standard InChI is InChI=1S/C32H41N3O6S/c1-8-24(4)33-32(37)25(5)34(20-26-12-10-9-11-23(26)3)31(36)21-35(27-15-18-29(40-6)30(19-27)41-7)42(38,39)28-16-13-22(2)14-17-28/h9-19,24-25H,8,20-21H2,1-7H3,(H,33,37)/t24-,25+/m1/s1. The van der Waals surface area contributed by atoms with Gasteiger partial charge < -0.3 is 19.7 Å². The molecule has 226 valence electrons. The lowest BCUT2D eigenvalue weighted by Crippen LogP contribution is -2.52. The minimum Gasteiger partial charge on any atom is -0.493 e. The molecule has 0 bridgehead atoms. The number of hydrogen-bond acceptors (Lipinski definition) is 6. The number of rotatable bonds is 13. The summed E-state index contributed by atoms with van der Waals surface area (Å²) in [6.45, 7) is 8.89. The smallest absolute Gasteiger partial charge is 0.264 e. The van der Waals surface area contributed by atoms with E-state index in [2.05, 4.69) is 5.32 Å². The van der Waals surface area contributed by atoms with E-state index in [9.17, 15) is 18.0 Å². The molecule has 2 amide bonds. The van der Waals surface area contributed by atoms with E-state index in [1.165, 1.54) is 37.3 Å². The van der Waals surface area contributed by atoms with Crippen molar-refractivity contribution >= 4 is 27.5 Å². The van der Waals surface area contributed by atoms with Crippen molar-refractivity contribution in [3.05, 3.63) is 83.4 Å². The van der Waals surface area contributed by atoms with Crippen LogP contribution in [0.15, 0.2) is 71.6 Å². The molecule has 0 saturated carbocycles. The monoisotopic (exact) mass is 595 g/mol. The number of anilines is 1. The minimum atomic E-state index is -4.21. The second kappa shape index (κ2) is 14.2. The Balaban J connectivity index is 2.10. The molecule has 42 heavy (non-hydrogen) atoms. The zero-order valence-electron chi connectivity index (χ0n) is 25.4. The molecule has 0 aliphatic rings. The highest BCUT2D eigenvalue weighted by Crippen LogP contribution is 2.34. The van der Waals surface area contributed by atoms with Gasteiger partial charge in [0, 0.05) is 18.7 Å². The molecular weight excluding hydrogens is 554 g/mol. The van der Waals surface area contributed by atoms with Crippen molar-refractivity contribution in [2.45, 2.75) is 64.6 Å². The predicted octanol–water partition coefficient (Wildman–Crippen LogP) is 4.85. The number of nitrogens with one attached hydrogen (secondary N) is 1. The fourth-order valence-electron chi connectivity index (χ4n) is 4.37. The Hall–Kier alpha value is -4.05. The van der Waals surface area contributed by atoms with Crippen LogP contribution in [-0.4, -0.2) is 58.0 Å². The first-order chi connectivity index (χ1) is 19.9. The maximum absolute atomic E-state index is 14.1. The van der Waals surface area contributed by atoms with Crippen LogP contribution in [0, 0.1) is 13.8 Å². The molecule has 0 aliphatic heterocycles. The average molecular weight is 596 g/mol. The van der Waals surface area contributed by atoms with Crippen LogP contribution in [0.25, 0.3) is 0 Å². The molecule has 10 heteroatoms. The largest absolute Gasteiger partial charge is 0.493 e. The molecule has 3 aromatic carbocycles. The summed E-state index contributed by atoms with van der Waals surface area (Å²) in [6, 6.07) is 17.7. The highest BCUT2D eigenvalue weighted by atomic mass is 32.2. The summed E-state index contributed by atoms with van der Waals surface area (Å²) >= 11 is 0. The summed E-state index contributed by atoms with van der Waals surface area (Å²) in [4.78, 5) is 28.8. The van der Waals surface area contributed by atoms with Crippen LogP contribution in [0.1, 0.15) is 43.9 Å². The maximum Gasteiger partial charge on any atom is 0.264 e. The van der Waals surface area contributed by atoms with E-state index in [-0.39, 0.29) is 29.1 Å². The zero-order chi connectivity index (χ0) is 31.0. The maximum atomic E-state index is 14.1. The third-order valence-electron chi connectivity index (χ3n) is 7.31. The summed E-state index contributed by atoms with van der Waals surface area (Å²) in [5, 5.41) is 2.94. The number of amides is 2. The van der Waals surface area contributed by atoms with Crippen LogP contribution in [0.5, 0.6) is 11.5 Å². The zero-order valence-corrected chi connectivity index (χ0v) is 26.2. The van der Waals surface area contributed by atoms with Gasteiger partial charge in [0.2, 0.25) is 11.8 Å². The number of sulfonamides is 1. The van der Waals surface area contributed by atoms with Crippen molar-refractivity contribution in [2.75, 3.05) is 25.1 Å². The van der Waals surface area contributed by atoms with Gasteiger partial charge in [-0.3, -0.25) is 13.9 Å². The number of carbonyl (C=O) groups is 2. The average Bonchev–Trinajstić information content (AvgIpc) is 2.98. The van der Waals surface area contributed by atoms with Gasteiger partial charge in [-0.05, 0) is 69.5 Å². The van der Waals surface area contributed by atoms with E-state index in [1.54, 1.807) is 31.2 Å². The minimum absolute atomic E-state index is 0.0312. The van der Waals surface area contributed by atoms with Gasteiger partial charge >= 0.3 is 0 Å². The molecule has 9 nitrogen and oxygen atoms in total. The summed E-state index contributed by atoms with van der Waals surface area (Å²) in [5.41, 5.74) is 2.92. The molecule has 0 aliphatic carbocycles. The first-order valence-corrected chi connectivity index (χ1v) is 15.3. The Morgan fingerprint density at radius 2 is 1.55 bits per heavy atom. The van der Waals surface area contributed by atoms with Crippen LogP contribution in [0.3, 0.4) is 0 Å². The molecule has 0 heterocycles. The van der Waals surface area contributed by atoms with E-state index >= 15 is 0 Å². The molecular formula is C32H41N3O6S. The van der Waals surface area contributed by atoms with Crippen molar-refractivity contribution < 1.29 is 27.5 Å². The number of benzene rings is 3. The molecule has 0 fully saturated rings. The molecule has 1 N–H and O–H groups in total. The first-order valence-electron chi connectivity index (χ1n) is 13.9. The van der Waals surface area contributed by atoms with Crippen molar-refractivity contribution in [3.63, 3.8) is 0 Å². The van der Waals surface area contributed by atoms with Crippen molar-refractivity contribution in [1.29, 1.82) is 0 Å². The van der Waals surface area contributed by atoms with Crippen LogP contribution in [-0.2, 0) is 26.2 Å². The number of ether oxygens (including phenoxy) is 2. The number of aryl methyl sites for hydroxylation is 2. The summed E-state index contributed by atoms with van der Waals surface area (Å²) < 4.78 is 39.9. The van der Waals surface area contributed by atoms with E-state index < -0.39 is 28.5 Å². The fourth-order valence-corrected chi connectivity index (χ4v) is 5.77. The van der Waals surface area contributed by atoms with Crippen LogP contribution < -0.4 is 19.1 Å². The van der Waals surface area contributed by atoms with Crippen molar-refractivity contribution in [2.24, 2.45) is 0 Å². The van der Waals surface area contributed by atoms with E-state index in [0.29, 0.717) is 11.5 Å². The van der Waals surface area contributed by atoms with Crippen LogP contribution in [0.4, 0.5) is 5.69 Å². The lowest BCUT2D eigenvalue weighted by molar-refractivity contribution is -0.139. The van der Waals surface area contributed by atoms with Gasteiger partial charge in [0.1, 0.15) is 12.6 Å². The Kier molecular flexibility index (Phi) is 11.0. The molecule has 0 aromatic heterocycles. The van der Waals surface area contributed by atoms with E-state index in [0.717, 1.165) is 27.4 Å². The van der Waals surface area contributed by atoms with Gasteiger partial charge in [0.25, 0.3) is 10.0 Å². The number of hydrogen-bond donors (Lipinski definition) is 1. The van der Waals surface area contributed by atoms with Crippen molar-refractivity contribution in [1.82, 2.24) is 10.2 Å². The SMILES string of the molecule is CC[C@@H](C)NC(=O)[C@H](C)N(Cc1ccccc1C)C(=O)CN(c1ccc(OC)c(OC)c1)S(=O)(=O)c1ccc(C)cc1. The topological polar surface area (TPSA) is 105 Å². The molecule has 0 radical (unpaired) electrons.